The van der Waals surface area contributed by atoms with Crippen LogP contribution in [0.2, 0.25) is 0 Å². The van der Waals surface area contributed by atoms with Gasteiger partial charge in [0.1, 0.15) is 5.60 Å². The van der Waals surface area contributed by atoms with Gasteiger partial charge in [0.15, 0.2) is 0 Å². The highest BCUT2D eigenvalue weighted by molar-refractivity contribution is 5.69. The van der Waals surface area contributed by atoms with E-state index < -0.39 is 5.60 Å². The monoisotopic (exact) mass is 230 g/mol. The first-order valence-corrected chi connectivity index (χ1v) is 5.83. The fourth-order valence-electron chi connectivity index (χ4n) is 1.52. The van der Waals surface area contributed by atoms with Crippen LogP contribution < -0.4 is 0 Å². The van der Waals surface area contributed by atoms with Crippen LogP contribution >= 0.6 is 0 Å². The van der Waals surface area contributed by atoms with E-state index >= 15 is 0 Å². The minimum Gasteiger partial charge on any atom is -0.460 e. The predicted molar refractivity (Wildman–Crippen MR) is 60.0 cm³/mol. The highest BCUT2D eigenvalue weighted by atomic mass is 16.6. The molecule has 1 N–H and O–H groups in total. The number of carbonyl (C=O) groups excluding carboxylic acids is 1. The topological polar surface area (TPSA) is 55.8 Å². The first kappa shape index (κ1) is 13.5. The van der Waals surface area contributed by atoms with Crippen LogP contribution in [0.15, 0.2) is 0 Å². The van der Waals surface area contributed by atoms with Crippen molar-refractivity contribution in [1.82, 2.24) is 0 Å². The van der Waals surface area contributed by atoms with E-state index in [2.05, 4.69) is 0 Å². The summed E-state index contributed by atoms with van der Waals surface area (Å²) in [5.41, 5.74) is -0.421. The van der Waals surface area contributed by atoms with E-state index in [1.165, 1.54) is 0 Å². The van der Waals surface area contributed by atoms with Crippen molar-refractivity contribution in [2.24, 2.45) is 11.8 Å². The second-order valence-electron chi connectivity index (χ2n) is 5.35. The lowest BCUT2D eigenvalue weighted by molar-refractivity contribution is -0.156. The van der Waals surface area contributed by atoms with Crippen molar-refractivity contribution >= 4 is 5.97 Å². The first-order valence-electron chi connectivity index (χ1n) is 5.83. The molecule has 1 fully saturated rings. The third-order valence-electron chi connectivity index (χ3n) is 2.51. The summed E-state index contributed by atoms with van der Waals surface area (Å²) in [6, 6.07) is 0. The molecular formula is C12H22O4. The maximum Gasteiger partial charge on any atom is 0.308 e. The summed E-state index contributed by atoms with van der Waals surface area (Å²) in [6.45, 7) is 6.85. The second-order valence-corrected chi connectivity index (χ2v) is 5.35. The molecule has 0 aliphatic heterocycles. The average molecular weight is 230 g/mol. The van der Waals surface area contributed by atoms with Crippen molar-refractivity contribution in [3.05, 3.63) is 0 Å². The zero-order chi connectivity index (χ0) is 12.2. The number of hydrogen-bond acceptors (Lipinski definition) is 4. The number of ether oxygens (including phenoxy) is 2. The molecule has 0 saturated heterocycles. The Morgan fingerprint density at radius 2 is 2.06 bits per heavy atom. The quantitative estimate of drug-likeness (QED) is 0.553. The van der Waals surface area contributed by atoms with Crippen LogP contribution in [0.3, 0.4) is 0 Å². The van der Waals surface area contributed by atoms with Crippen molar-refractivity contribution in [3.63, 3.8) is 0 Å². The molecule has 0 bridgehead atoms. The summed E-state index contributed by atoms with van der Waals surface area (Å²) in [6.07, 6.45) is 1.34. The summed E-state index contributed by atoms with van der Waals surface area (Å²) in [5, 5.41) is 8.82. The molecule has 0 aromatic heterocycles. The zero-order valence-corrected chi connectivity index (χ0v) is 10.4. The molecule has 2 atom stereocenters. The number of rotatable bonds is 6. The van der Waals surface area contributed by atoms with Crippen molar-refractivity contribution in [3.8, 4) is 0 Å². The lowest BCUT2D eigenvalue weighted by Crippen LogP contribution is -2.24. The Labute approximate surface area is 96.9 Å². The van der Waals surface area contributed by atoms with E-state index in [9.17, 15) is 4.79 Å². The van der Waals surface area contributed by atoms with Gasteiger partial charge in [0.2, 0.25) is 0 Å². The van der Waals surface area contributed by atoms with E-state index in [1.807, 2.05) is 20.8 Å². The first-order chi connectivity index (χ1) is 7.42. The van der Waals surface area contributed by atoms with Gasteiger partial charge in [-0.1, -0.05) is 0 Å². The third-order valence-corrected chi connectivity index (χ3v) is 2.51. The minimum absolute atomic E-state index is 0.220. The zero-order valence-electron chi connectivity index (χ0n) is 10.4. The van der Waals surface area contributed by atoms with Crippen LogP contribution in [0, 0.1) is 11.8 Å². The van der Waals surface area contributed by atoms with Crippen LogP contribution in [0.4, 0.5) is 0 Å². The molecule has 4 heteroatoms. The molecule has 0 spiro atoms. The van der Waals surface area contributed by atoms with Gasteiger partial charge in [0, 0.05) is 13.2 Å². The Hall–Kier alpha value is -0.610. The Balaban J connectivity index is 1.97. The molecule has 0 heterocycles. The van der Waals surface area contributed by atoms with E-state index in [-0.39, 0.29) is 12.6 Å². The van der Waals surface area contributed by atoms with E-state index in [0.29, 0.717) is 31.5 Å². The Morgan fingerprint density at radius 3 is 2.56 bits per heavy atom. The van der Waals surface area contributed by atoms with Crippen LogP contribution in [-0.2, 0) is 14.3 Å². The highest BCUT2D eigenvalue weighted by Gasteiger charge is 2.36. The molecule has 0 unspecified atom stereocenters. The molecule has 0 radical (unpaired) electrons. The maximum atomic E-state index is 11.3. The Morgan fingerprint density at radius 1 is 1.38 bits per heavy atom. The number of esters is 1. The van der Waals surface area contributed by atoms with Gasteiger partial charge in [-0.2, -0.15) is 0 Å². The van der Waals surface area contributed by atoms with Crippen molar-refractivity contribution < 1.29 is 19.4 Å². The van der Waals surface area contributed by atoms with Gasteiger partial charge >= 0.3 is 5.97 Å². The number of hydrogen-bond donors (Lipinski definition) is 1. The molecule has 4 nitrogen and oxygen atoms in total. The van der Waals surface area contributed by atoms with Gasteiger partial charge in [0.05, 0.1) is 13.0 Å². The number of aliphatic hydroxyl groups is 1. The van der Waals surface area contributed by atoms with Crippen LogP contribution in [0.1, 0.15) is 33.6 Å². The molecule has 94 valence electrons. The standard InChI is InChI=1S/C12H22O4/c1-12(2,3)16-11(14)4-5-15-8-10-6-9(10)7-13/h9-10,13H,4-8H2,1-3H3/t9-,10+/m1/s1. The molecule has 1 aliphatic carbocycles. The largest absolute Gasteiger partial charge is 0.460 e. The summed E-state index contributed by atoms with van der Waals surface area (Å²) in [7, 11) is 0. The third kappa shape index (κ3) is 5.47. The number of aliphatic hydroxyl groups excluding tert-OH is 1. The lowest BCUT2D eigenvalue weighted by atomic mass is 10.2. The second kappa shape index (κ2) is 5.64. The van der Waals surface area contributed by atoms with Crippen LogP contribution in [0.5, 0.6) is 0 Å². The molecule has 1 rings (SSSR count). The minimum atomic E-state index is -0.421. The Bertz CT molecular complexity index is 232. The molecule has 1 aliphatic rings. The smallest absolute Gasteiger partial charge is 0.308 e. The summed E-state index contributed by atoms with van der Waals surface area (Å²) >= 11 is 0. The van der Waals surface area contributed by atoms with Gasteiger partial charge < -0.3 is 14.6 Å². The van der Waals surface area contributed by atoms with Crippen LogP contribution in [-0.4, -0.2) is 36.5 Å². The molecule has 0 aromatic carbocycles. The molecule has 0 aromatic rings. The van der Waals surface area contributed by atoms with Gasteiger partial charge in [-0.05, 0) is 39.0 Å². The molecule has 0 amide bonds. The van der Waals surface area contributed by atoms with Crippen molar-refractivity contribution in [2.45, 2.75) is 39.2 Å². The predicted octanol–water partition coefficient (Wildman–Crippen LogP) is 1.36. The number of carbonyl (C=O) groups is 1. The normalized spacial score (nSPS) is 24.2. The van der Waals surface area contributed by atoms with Crippen LogP contribution in [0.25, 0.3) is 0 Å². The van der Waals surface area contributed by atoms with Crippen molar-refractivity contribution in [2.75, 3.05) is 19.8 Å². The van der Waals surface area contributed by atoms with E-state index in [4.69, 9.17) is 14.6 Å². The summed E-state index contributed by atoms with van der Waals surface area (Å²) in [5.74, 6) is 0.687. The summed E-state index contributed by atoms with van der Waals surface area (Å²) in [4.78, 5) is 11.3. The van der Waals surface area contributed by atoms with Gasteiger partial charge in [0.25, 0.3) is 0 Å². The van der Waals surface area contributed by atoms with E-state index in [0.717, 1.165) is 6.42 Å². The SMILES string of the molecule is CC(C)(C)OC(=O)CCOC[C@@H]1C[C@@H]1CO. The van der Waals surface area contributed by atoms with E-state index in [1.54, 1.807) is 0 Å². The maximum absolute atomic E-state index is 11.3. The van der Waals surface area contributed by atoms with Crippen molar-refractivity contribution in [1.29, 1.82) is 0 Å². The van der Waals surface area contributed by atoms with Gasteiger partial charge in [-0.3, -0.25) is 4.79 Å². The lowest BCUT2D eigenvalue weighted by Gasteiger charge is -2.19. The Kier molecular flexibility index (Phi) is 4.74. The summed E-state index contributed by atoms with van der Waals surface area (Å²) < 4.78 is 10.5. The highest BCUT2D eigenvalue weighted by Crippen LogP contribution is 2.37. The fraction of sp³-hybridized carbons (Fsp3) is 0.917. The molecule has 16 heavy (non-hydrogen) atoms. The van der Waals surface area contributed by atoms with Gasteiger partial charge in [-0.25, -0.2) is 0 Å². The average Bonchev–Trinajstić information content (AvgIpc) is 2.88. The fourth-order valence-corrected chi connectivity index (χ4v) is 1.52. The molecular weight excluding hydrogens is 208 g/mol. The molecule has 1 saturated carbocycles. The van der Waals surface area contributed by atoms with Gasteiger partial charge in [-0.15, -0.1) is 0 Å².